The van der Waals surface area contributed by atoms with Crippen molar-refractivity contribution in [2.75, 3.05) is 18.4 Å². The molecule has 1 heterocycles. The number of carbonyl (C=O) groups is 2. The van der Waals surface area contributed by atoms with Gasteiger partial charge in [-0.1, -0.05) is 0 Å². The number of hydrogen-bond donors (Lipinski definition) is 2. The zero-order valence-corrected chi connectivity index (χ0v) is 12.0. The summed E-state index contributed by atoms with van der Waals surface area (Å²) in [6.45, 7) is 0.381. The summed E-state index contributed by atoms with van der Waals surface area (Å²) in [5.74, 6) is -2.66. The molecule has 0 unspecified atom stereocenters. The quantitative estimate of drug-likeness (QED) is 0.639. The van der Waals surface area contributed by atoms with E-state index in [1.54, 1.807) is 0 Å². The molecule has 1 aromatic carbocycles. The van der Waals surface area contributed by atoms with E-state index in [1.807, 2.05) is 0 Å². The zero-order chi connectivity index (χ0) is 17.2. The van der Waals surface area contributed by atoms with Crippen molar-refractivity contribution < 1.29 is 27.2 Å². The maximum atomic E-state index is 13.2. The summed E-state index contributed by atoms with van der Waals surface area (Å²) in [5.41, 5.74) is 3.61. The van der Waals surface area contributed by atoms with Crippen molar-refractivity contribution >= 4 is 17.5 Å². The summed E-state index contributed by atoms with van der Waals surface area (Å²) in [7, 11) is 0. The van der Waals surface area contributed by atoms with Crippen molar-refractivity contribution in [3.05, 3.63) is 29.6 Å². The number of benzene rings is 1. The lowest BCUT2D eigenvalue weighted by atomic mass is 10.0. The van der Waals surface area contributed by atoms with Crippen LogP contribution >= 0.6 is 0 Å². The van der Waals surface area contributed by atoms with Crippen molar-refractivity contribution in [3.8, 4) is 0 Å². The second-order valence-corrected chi connectivity index (χ2v) is 5.26. The van der Waals surface area contributed by atoms with E-state index in [-0.39, 0.29) is 24.8 Å². The summed E-state index contributed by atoms with van der Waals surface area (Å²) in [6.07, 6.45) is -3.95. The molecule has 0 bridgehead atoms. The lowest BCUT2D eigenvalue weighted by molar-refractivity contribution is -0.144. The van der Waals surface area contributed by atoms with Gasteiger partial charge < -0.3 is 16.0 Å². The van der Waals surface area contributed by atoms with Crippen LogP contribution in [0.1, 0.15) is 18.4 Å². The highest BCUT2D eigenvalue weighted by Crippen LogP contribution is 2.36. The molecule has 5 nitrogen and oxygen atoms in total. The molecule has 0 spiro atoms. The molecule has 0 radical (unpaired) electrons. The molecule has 0 aliphatic carbocycles. The van der Waals surface area contributed by atoms with Gasteiger partial charge in [-0.3, -0.25) is 9.59 Å². The average molecular weight is 333 g/mol. The standard InChI is InChI=1S/C14H15F4N3O2/c15-8-1-2-10(14(16,17)18)11(7-8)20-9-3-5-21(6-4-9)13(23)12(19)22/h1-2,7,9,20H,3-6H2,(H2,19,22). The molecule has 1 aromatic rings. The Morgan fingerprint density at radius 3 is 2.35 bits per heavy atom. The Kier molecular flexibility index (Phi) is 4.76. The van der Waals surface area contributed by atoms with Crippen LogP contribution in [0.3, 0.4) is 0 Å². The molecular formula is C14H15F4N3O2. The summed E-state index contributed by atoms with van der Waals surface area (Å²) in [5, 5.41) is 2.67. The maximum absolute atomic E-state index is 13.2. The van der Waals surface area contributed by atoms with Crippen LogP contribution < -0.4 is 11.1 Å². The van der Waals surface area contributed by atoms with Crippen LogP contribution in [0.15, 0.2) is 18.2 Å². The molecule has 0 atom stereocenters. The molecule has 2 amide bonds. The van der Waals surface area contributed by atoms with Gasteiger partial charge in [0.25, 0.3) is 0 Å². The molecule has 0 saturated carbocycles. The number of nitrogens with two attached hydrogens (primary N) is 1. The Bertz CT molecular complexity index is 611. The number of nitrogens with zero attached hydrogens (tertiary/aromatic N) is 1. The summed E-state index contributed by atoms with van der Waals surface area (Å²) >= 11 is 0. The van der Waals surface area contributed by atoms with Gasteiger partial charge in [-0.25, -0.2) is 4.39 Å². The summed E-state index contributed by atoms with van der Waals surface area (Å²) in [4.78, 5) is 23.5. The number of nitrogens with one attached hydrogen (secondary N) is 1. The van der Waals surface area contributed by atoms with E-state index in [0.29, 0.717) is 18.9 Å². The summed E-state index contributed by atoms with van der Waals surface area (Å²) in [6, 6.07) is 1.87. The lowest BCUT2D eigenvalue weighted by Crippen LogP contribution is -2.47. The van der Waals surface area contributed by atoms with Gasteiger partial charge in [0, 0.05) is 24.8 Å². The highest BCUT2D eigenvalue weighted by Gasteiger charge is 2.34. The first kappa shape index (κ1) is 17.0. The van der Waals surface area contributed by atoms with E-state index in [1.165, 1.54) is 4.90 Å². The Labute approximate surface area is 129 Å². The van der Waals surface area contributed by atoms with Crippen LogP contribution in [0.4, 0.5) is 23.2 Å². The highest BCUT2D eigenvalue weighted by molar-refractivity contribution is 6.34. The molecule has 1 aliphatic heterocycles. The third kappa shape index (κ3) is 4.11. The fourth-order valence-corrected chi connectivity index (χ4v) is 2.49. The van der Waals surface area contributed by atoms with Crippen molar-refractivity contribution in [1.29, 1.82) is 0 Å². The fraction of sp³-hybridized carbons (Fsp3) is 0.429. The van der Waals surface area contributed by atoms with Gasteiger partial charge in [0.1, 0.15) is 5.82 Å². The van der Waals surface area contributed by atoms with Gasteiger partial charge in [0.2, 0.25) is 0 Å². The first-order valence-electron chi connectivity index (χ1n) is 6.90. The third-order valence-electron chi connectivity index (χ3n) is 3.64. The largest absolute Gasteiger partial charge is 0.418 e. The van der Waals surface area contributed by atoms with Crippen molar-refractivity contribution in [3.63, 3.8) is 0 Å². The maximum Gasteiger partial charge on any atom is 0.418 e. The van der Waals surface area contributed by atoms with Crippen LogP contribution in [0, 0.1) is 5.82 Å². The Morgan fingerprint density at radius 1 is 1.22 bits per heavy atom. The predicted octanol–water partition coefficient (Wildman–Crippen LogP) is 1.73. The number of alkyl halides is 3. The van der Waals surface area contributed by atoms with E-state index in [0.717, 1.165) is 12.1 Å². The Hall–Kier alpha value is -2.32. The van der Waals surface area contributed by atoms with E-state index in [2.05, 4.69) is 5.32 Å². The van der Waals surface area contributed by atoms with Gasteiger partial charge in [-0.15, -0.1) is 0 Å². The average Bonchev–Trinajstić information content (AvgIpc) is 2.46. The van der Waals surface area contributed by atoms with Gasteiger partial charge >= 0.3 is 18.0 Å². The van der Waals surface area contributed by atoms with Crippen molar-refractivity contribution in [1.82, 2.24) is 4.90 Å². The molecular weight excluding hydrogens is 318 g/mol. The van der Waals surface area contributed by atoms with Gasteiger partial charge in [0.05, 0.1) is 5.56 Å². The molecule has 1 saturated heterocycles. The zero-order valence-electron chi connectivity index (χ0n) is 12.0. The molecule has 126 valence electrons. The smallest absolute Gasteiger partial charge is 0.382 e. The SMILES string of the molecule is NC(=O)C(=O)N1CCC(Nc2cc(F)ccc2C(F)(F)F)CC1. The molecule has 2 rings (SSSR count). The number of carbonyl (C=O) groups excluding carboxylic acids is 2. The molecule has 1 aliphatic rings. The minimum atomic E-state index is -4.60. The van der Waals surface area contributed by atoms with Crippen molar-refractivity contribution in [2.24, 2.45) is 5.73 Å². The molecule has 0 aromatic heterocycles. The lowest BCUT2D eigenvalue weighted by Gasteiger charge is -2.32. The Balaban J connectivity index is 2.06. The van der Waals surface area contributed by atoms with Crippen LogP contribution in [0.2, 0.25) is 0 Å². The van der Waals surface area contributed by atoms with Gasteiger partial charge in [0.15, 0.2) is 0 Å². The number of primary amides is 1. The molecule has 23 heavy (non-hydrogen) atoms. The normalized spacial score (nSPS) is 16.3. The molecule has 1 fully saturated rings. The van der Waals surface area contributed by atoms with Crippen LogP contribution in [-0.4, -0.2) is 35.8 Å². The van der Waals surface area contributed by atoms with E-state index in [4.69, 9.17) is 5.73 Å². The first-order chi connectivity index (χ1) is 10.7. The minimum absolute atomic E-state index is 0.191. The monoisotopic (exact) mass is 333 g/mol. The van der Waals surface area contributed by atoms with Crippen LogP contribution in [0.5, 0.6) is 0 Å². The summed E-state index contributed by atoms with van der Waals surface area (Å²) < 4.78 is 52.0. The number of rotatable bonds is 2. The first-order valence-corrected chi connectivity index (χ1v) is 6.90. The third-order valence-corrected chi connectivity index (χ3v) is 3.64. The molecule has 9 heteroatoms. The Morgan fingerprint density at radius 2 is 1.83 bits per heavy atom. The van der Waals surface area contributed by atoms with Gasteiger partial charge in [-0.2, -0.15) is 13.2 Å². The topological polar surface area (TPSA) is 75.4 Å². The predicted molar refractivity (Wildman–Crippen MR) is 73.8 cm³/mol. The van der Waals surface area contributed by atoms with E-state index in [9.17, 15) is 27.2 Å². The number of piperidine rings is 1. The highest BCUT2D eigenvalue weighted by atomic mass is 19.4. The fourth-order valence-electron chi connectivity index (χ4n) is 2.49. The number of halogens is 4. The second kappa shape index (κ2) is 6.43. The number of anilines is 1. The number of hydrogen-bond acceptors (Lipinski definition) is 3. The molecule has 3 N–H and O–H groups in total. The minimum Gasteiger partial charge on any atom is -0.382 e. The van der Waals surface area contributed by atoms with Gasteiger partial charge in [-0.05, 0) is 31.0 Å². The second-order valence-electron chi connectivity index (χ2n) is 5.26. The number of likely N-dealkylation sites (tertiary alicyclic amines) is 1. The number of amides is 2. The van der Waals surface area contributed by atoms with Crippen molar-refractivity contribution in [2.45, 2.75) is 25.1 Å². The van der Waals surface area contributed by atoms with E-state index < -0.39 is 29.4 Å². The van der Waals surface area contributed by atoms with E-state index >= 15 is 0 Å². The van der Waals surface area contributed by atoms with Crippen LogP contribution in [-0.2, 0) is 15.8 Å². The van der Waals surface area contributed by atoms with Crippen LogP contribution in [0.25, 0.3) is 0 Å².